The van der Waals surface area contributed by atoms with Crippen LogP contribution in [0, 0.1) is 11.8 Å². The van der Waals surface area contributed by atoms with Gasteiger partial charge < -0.3 is 20.3 Å². The average molecular weight is 672 g/mol. The van der Waals surface area contributed by atoms with E-state index in [0.29, 0.717) is 17.0 Å². The predicted octanol–water partition coefficient (Wildman–Crippen LogP) is 3.88. The fourth-order valence-corrected chi connectivity index (χ4v) is 7.64. The van der Waals surface area contributed by atoms with Crippen molar-refractivity contribution in [3.05, 3.63) is 87.6 Å². The summed E-state index contributed by atoms with van der Waals surface area (Å²) in [6, 6.07) is 17.4. The number of nitrogen functional groups attached to an aromatic ring is 1. The van der Waals surface area contributed by atoms with E-state index in [0.717, 1.165) is 84.1 Å². The van der Waals surface area contributed by atoms with Crippen LogP contribution in [-0.2, 0) is 28.8 Å². The molecule has 2 saturated heterocycles. The lowest BCUT2D eigenvalue weighted by atomic mass is 10.0. The van der Waals surface area contributed by atoms with Gasteiger partial charge in [0.15, 0.2) is 17.4 Å². The van der Waals surface area contributed by atoms with Gasteiger partial charge in [-0.1, -0.05) is 41.7 Å². The van der Waals surface area contributed by atoms with E-state index in [4.69, 9.17) is 10.5 Å². The Bertz CT molecular complexity index is 1690. The summed E-state index contributed by atoms with van der Waals surface area (Å²) in [6.45, 7) is 3.93. The molecule has 2 N–H and O–H groups in total. The lowest BCUT2D eigenvalue weighted by Gasteiger charge is -2.15. The molecule has 15 heteroatoms. The van der Waals surface area contributed by atoms with E-state index < -0.39 is 6.10 Å². The molecule has 2 aliphatic rings. The van der Waals surface area contributed by atoms with E-state index in [9.17, 15) is 4.79 Å². The first-order chi connectivity index (χ1) is 23.0. The third-order valence-corrected chi connectivity index (χ3v) is 9.93. The monoisotopic (exact) mass is 671 g/mol. The molecule has 0 spiro atoms. The maximum atomic E-state index is 12.7. The molecular formula is C32H37N11O2S2. The number of hydrogen-bond donors (Lipinski definition) is 1. The fraction of sp³-hybridized carbons (Fsp3) is 0.406. The molecule has 0 radical (unpaired) electrons. The second kappa shape index (κ2) is 15.9. The smallest absolute Gasteiger partial charge is 0.203 e. The van der Waals surface area contributed by atoms with Gasteiger partial charge in [-0.2, -0.15) is 10.2 Å². The summed E-state index contributed by atoms with van der Waals surface area (Å²) in [5.74, 6) is 2.97. The number of carbonyl (C=O) groups is 1. The van der Waals surface area contributed by atoms with Crippen LogP contribution < -0.4 is 15.5 Å². The van der Waals surface area contributed by atoms with Gasteiger partial charge in [0.25, 0.3) is 0 Å². The molecular weight excluding hydrogens is 635 g/mol. The van der Waals surface area contributed by atoms with Crippen molar-refractivity contribution in [1.82, 2.24) is 40.8 Å². The number of hydrogen-bond acceptors (Lipinski definition) is 15. The Hall–Kier alpha value is -4.47. The van der Waals surface area contributed by atoms with Gasteiger partial charge in [-0.25, -0.2) is 0 Å². The third-order valence-electron chi connectivity index (χ3n) is 8.21. The molecule has 0 saturated carbocycles. The highest BCUT2D eigenvalue weighted by molar-refractivity contribution is 7.15. The Morgan fingerprint density at radius 3 is 1.89 bits per heavy atom. The van der Waals surface area contributed by atoms with Crippen LogP contribution in [0.1, 0.15) is 39.5 Å². The largest absolute Gasteiger partial charge is 0.374 e. The van der Waals surface area contributed by atoms with Crippen LogP contribution in [0.4, 0.5) is 16.8 Å². The van der Waals surface area contributed by atoms with Gasteiger partial charge in [0.1, 0.15) is 21.1 Å². The van der Waals surface area contributed by atoms with E-state index in [1.165, 1.54) is 22.7 Å². The summed E-state index contributed by atoms with van der Waals surface area (Å²) < 4.78 is 5.43. The Morgan fingerprint density at radius 2 is 1.36 bits per heavy atom. The molecule has 0 bridgehead atoms. The van der Waals surface area contributed by atoms with E-state index in [1.807, 2.05) is 54.6 Å². The second-order valence-corrected chi connectivity index (χ2v) is 13.8. The number of rotatable bonds is 11. The third kappa shape index (κ3) is 8.87. The second-order valence-electron chi connectivity index (χ2n) is 11.6. The van der Waals surface area contributed by atoms with Crippen LogP contribution in [0.3, 0.4) is 0 Å². The highest BCUT2D eigenvalue weighted by Gasteiger charge is 2.27. The molecule has 0 amide bonds. The van der Waals surface area contributed by atoms with Crippen LogP contribution in [0.25, 0.3) is 0 Å². The molecule has 6 heterocycles. The minimum atomic E-state index is -0.570. The Balaban J connectivity index is 0.000000183. The molecule has 1 aromatic carbocycles. The number of benzene rings is 1. The lowest BCUT2D eigenvalue weighted by molar-refractivity contribution is -0.128. The van der Waals surface area contributed by atoms with Crippen LogP contribution in [-0.4, -0.2) is 79.9 Å². The lowest BCUT2D eigenvalue weighted by Crippen LogP contribution is -2.21. The minimum absolute atomic E-state index is 0.00362. The molecule has 0 aliphatic carbocycles. The quantitative estimate of drug-likeness (QED) is 0.216. The van der Waals surface area contributed by atoms with Gasteiger partial charge in [-0.05, 0) is 54.5 Å². The SMILES string of the molecule is CO[C@H](C(=O)Cc1nnc(C[C@@H]2CCN(c3cccnn3)C2)s1)c1ccccc1.Nc1nnc(C[C@@H]2CCN(c3cccnn3)C2)s1. The van der Waals surface area contributed by atoms with Gasteiger partial charge in [-0.3, -0.25) is 4.79 Å². The fourth-order valence-electron chi connectivity index (χ4n) is 5.95. The van der Waals surface area contributed by atoms with E-state index >= 15 is 0 Å². The zero-order valence-corrected chi connectivity index (χ0v) is 27.8. The maximum Gasteiger partial charge on any atom is 0.203 e. The van der Waals surface area contributed by atoms with Gasteiger partial charge in [-0.15, -0.1) is 41.9 Å². The maximum absolute atomic E-state index is 12.7. The normalized spacial score (nSPS) is 18.1. The van der Waals surface area contributed by atoms with Crippen molar-refractivity contribution in [1.29, 1.82) is 0 Å². The number of methoxy groups -OCH3 is 1. The number of ether oxygens (including phenoxy) is 1. The van der Waals surface area contributed by atoms with Gasteiger partial charge in [0.2, 0.25) is 5.13 Å². The van der Waals surface area contributed by atoms with Crippen molar-refractivity contribution >= 4 is 45.2 Å². The van der Waals surface area contributed by atoms with Crippen molar-refractivity contribution in [2.75, 3.05) is 48.8 Å². The summed E-state index contributed by atoms with van der Waals surface area (Å²) in [4.78, 5) is 17.2. The van der Waals surface area contributed by atoms with Crippen LogP contribution >= 0.6 is 22.7 Å². The summed E-state index contributed by atoms with van der Waals surface area (Å²) in [5, 5.41) is 36.0. The van der Waals surface area contributed by atoms with Gasteiger partial charge >= 0.3 is 0 Å². The molecule has 7 rings (SSSR count). The molecule has 2 aliphatic heterocycles. The summed E-state index contributed by atoms with van der Waals surface area (Å²) in [7, 11) is 1.56. The molecule has 4 aromatic heterocycles. The average Bonchev–Trinajstić information content (AvgIpc) is 3.93. The number of ketones is 1. The van der Waals surface area contributed by atoms with Crippen molar-refractivity contribution < 1.29 is 9.53 Å². The summed E-state index contributed by atoms with van der Waals surface area (Å²) in [6.07, 6.45) is 7.11. The summed E-state index contributed by atoms with van der Waals surface area (Å²) >= 11 is 3.00. The molecule has 2 fully saturated rings. The van der Waals surface area contributed by atoms with E-state index in [-0.39, 0.29) is 12.2 Å². The Morgan fingerprint density at radius 1 is 0.787 bits per heavy atom. The molecule has 244 valence electrons. The highest BCUT2D eigenvalue weighted by atomic mass is 32.1. The zero-order valence-electron chi connectivity index (χ0n) is 26.1. The number of carbonyl (C=O) groups excluding carboxylic acids is 1. The number of anilines is 3. The number of nitrogens with two attached hydrogens (primary N) is 1. The van der Waals surface area contributed by atoms with Crippen molar-refractivity contribution in [3.63, 3.8) is 0 Å². The number of Topliss-reactive ketones (excluding diaryl/α,β-unsaturated/α-hetero) is 1. The standard InChI is InChI=1S/C21H23N5O2S.C11H14N6S/c1-28-21(16-6-3-2-4-7-16)17(27)13-20-25-24-19(29-20)12-15-9-11-26(14-15)18-8-5-10-22-23-18;12-11-16-15-10(18-11)6-8-3-5-17(7-8)9-2-1-4-13-14-9/h2-8,10,15,21H,9,11-14H2,1H3;1-2,4,8H,3,5-7H2,(H2,12,16)/t15-,21-;8-/m00/s1. The van der Waals surface area contributed by atoms with Crippen LogP contribution in [0.5, 0.6) is 0 Å². The first-order valence-corrected chi connectivity index (χ1v) is 17.2. The molecule has 0 unspecified atom stereocenters. The summed E-state index contributed by atoms with van der Waals surface area (Å²) in [5.41, 5.74) is 6.45. The van der Waals surface area contributed by atoms with E-state index in [1.54, 1.807) is 19.5 Å². The molecule has 3 atom stereocenters. The van der Waals surface area contributed by atoms with Crippen LogP contribution in [0.2, 0.25) is 0 Å². The Labute approximate surface area is 281 Å². The Kier molecular flexibility index (Phi) is 11.0. The molecule has 5 aromatic rings. The molecule has 47 heavy (non-hydrogen) atoms. The van der Waals surface area contributed by atoms with Crippen molar-refractivity contribution in [3.8, 4) is 0 Å². The highest BCUT2D eigenvalue weighted by Crippen LogP contribution is 2.28. The molecule has 13 nitrogen and oxygen atoms in total. The minimum Gasteiger partial charge on any atom is -0.374 e. The number of aromatic nitrogens is 8. The first kappa shape index (κ1) is 32.5. The number of nitrogens with zero attached hydrogens (tertiary/aromatic N) is 10. The van der Waals surface area contributed by atoms with Crippen molar-refractivity contribution in [2.45, 2.75) is 38.2 Å². The zero-order chi connectivity index (χ0) is 32.4. The van der Waals surface area contributed by atoms with Crippen LogP contribution in [0.15, 0.2) is 67.0 Å². The topological polar surface area (TPSA) is 162 Å². The van der Waals surface area contributed by atoms with E-state index in [2.05, 4.69) is 50.6 Å². The van der Waals surface area contributed by atoms with Gasteiger partial charge in [0.05, 0.1) is 6.42 Å². The first-order valence-electron chi connectivity index (χ1n) is 15.6. The van der Waals surface area contributed by atoms with Crippen molar-refractivity contribution in [2.24, 2.45) is 11.8 Å². The van der Waals surface area contributed by atoms with Gasteiger partial charge in [0, 0.05) is 58.5 Å². The predicted molar refractivity (Wildman–Crippen MR) is 181 cm³/mol.